The highest BCUT2D eigenvalue weighted by molar-refractivity contribution is 5.87. The van der Waals surface area contributed by atoms with Gasteiger partial charge in [-0.3, -0.25) is 4.79 Å². The molecule has 0 aromatic carbocycles. The van der Waals surface area contributed by atoms with Gasteiger partial charge in [0.25, 0.3) is 0 Å². The molecule has 114 valence electrons. The topological polar surface area (TPSA) is 29.6 Å². The van der Waals surface area contributed by atoms with Gasteiger partial charge in [-0.15, -0.1) is 0 Å². The van der Waals surface area contributed by atoms with Gasteiger partial charge in [-0.25, -0.2) is 0 Å². The van der Waals surface area contributed by atoms with Crippen LogP contribution >= 0.6 is 0 Å². The fourth-order valence-electron chi connectivity index (χ4n) is 6.70. The van der Waals surface area contributed by atoms with Crippen LogP contribution in [0.3, 0.4) is 0 Å². The van der Waals surface area contributed by atoms with Crippen molar-refractivity contribution in [2.75, 3.05) is 0 Å². The van der Waals surface area contributed by atoms with Gasteiger partial charge in [0, 0.05) is 11.8 Å². The van der Waals surface area contributed by atoms with E-state index in [1.165, 1.54) is 25.7 Å². The van der Waals surface area contributed by atoms with Crippen molar-refractivity contribution in [3.8, 4) is 0 Å². The summed E-state index contributed by atoms with van der Waals surface area (Å²) in [5.74, 6) is 2.75. The standard InChI is InChI=1S/C19H26O2/c1-18-8-7-14-12(13(18)5-6-17(18)20)4-3-11-9-15-16(21-15)10-19(11,14)2/h3,12-16H,4-10H2,1-2H3/t12-,13-,14-,15+,16-,18-,19-/m0/s1. The molecule has 7 atom stereocenters. The number of epoxide rings is 1. The van der Waals surface area contributed by atoms with E-state index >= 15 is 0 Å². The molecule has 4 fully saturated rings. The molecular weight excluding hydrogens is 260 g/mol. The molecular formula is C19H26O2. The van der Waals surface area contributed by atoms with Crippen molar-refractivity contribution in [1.82, 2.24) is 0 Å². The van der Waals surface area contributed by atoms with E-state index in [0.29, 0.717) is 29.3 Å². The van der Waals surface area contributed by atoms with E-state index < -0.39 is 0 Å². The normalized spacial score (nSPS) is 57.7. The van der Waals surface area contributed by atoms with Crippen LogP contribution in [0.15, 0.2) is 11.6 Å². The summed E-state index contributed by atoms with van der Waals surface area (Å²) >= 11 is 0. The van der Waals surface area contributed by atoms with Gasteiger partial charge in [0.05, 0.1) is 12.2 Å². The third-order valence-electron chi connectivity index (χ3n) is 8.07. The SMILES string of the molecule is C[C@]12C[C@@H]3O[C@@H]3CC1=CC[C@@H]1[C@@H]2CC[C@]2(C)C(=O)CC[C@@H]12. The summed E-state index contributed by atoms with van der Waals surface area (Å²) in [7, 11) is 0. The second kappa shape index (κ2) is 3.82. The maximum Gasteiger partial charge on any atom is 0.139 e. The first kappa shape index (κ1) is 12.9. The maximum atomic E-state index is 12.4. The van der Waals surface area contributed by atoms with Gasteiger partial charge in [-0.1, -0.05) is 25.5 Å². The first-order valence-corrected chi connectivity index (χ1v) is 8.91. The van der Waals surface area contributed by atoms with Crippen LogP contribution in [0.5, 0.6) is 0 Å². The van der Waals surface area contributed by atoms with Crippen LogP contribution in [-0.2, 0) is 9.53 Å². The Kier molecular flexibility index (Phi) is 2.34. The molecule has 0 radical (unpaired) electrons. The Morgan fingerprint density at radius 3 is 2.81 bits per heavy atom. The van der Waals surface area contributed by atoms with Gasteiger partial charge in [-0.05, 0) is 61.7 Å². The number of carbonyl (C=O) groups excluding carboxylic acids is 1. The van der Waals surface area contributed by atoms with E-state index in [1.54, 1.807) is 5.57 Å². The fourth-order valence-corrected chi connectivity index (χ4v) is 6.70. The lowest BCUT2D eigenvalue weighted by Crippen LogP contribution is -2.50. The zero-order valence-electron chi connectivity index (χ0n) is 13.2. The number of rotatable bonds is 0. The highest BCUT2D eigenvalue weighted by Crippen LogP contribution is 2.65. The van der Waals surface area contributed by atoms with Gasteiger partial charge >= 0.3 is 0 Å². The van der Waals surface area contributed by atoms with Crippen LogP contribution in [0.2, 0.25) is 0 Å². The van der Waals surface area contributed by atoms with Crippen molar-refractivity contribution in [3.63, 3.8) is 0 Å². The molecule has 0 aromatic heterocycles. The Morgan fingerprint density at radius 1 is 1.14 bits per heavy atom. The largest absolute Gasteiger partial charge is 0.369 e. The van der Waals surface area contributed by atoms with Crippen LogP contribution in [0.1, 0.15) is 58.8 Å². The Labute approximate surface area is 127 Å². The molecule has 1 heterocycles. The minimum atomic E-state index is 0.0101. The number of ketones is 1. The van der Waals surface area contributed by atoms with Crippen LogP contribution in [0.25, 0.3) is 0 Å². The molecule has 0 unspecified atom stereocenters. The van der Waals surface area contributed by atoms with E-state index in [0.717, 1.165) is 31.1 Å². The van der Waals surface area contributed by atoms with Gasteiger partial charge in [-0.2, -0.15) is 0 Å². The lowest BCUT2D eigenvalue weighted by atomic mass is 9.48. The number of hydrogen-bond donors (Lipinski definition) is 0. The minimum absolute atomic E-state index is 0.0101. The number of hydrogen-bond acceptors (Lipinski definition) is 2. The number of ether oxygens (including phenoxy) is 1. The molecule has 0 aromatic rings. The monoisotopic (exact) mass is 286 g/mol. The smallest absolute Gasteiger partial charge is 0.139 e. The van der Waals surface area contributed by atoms with E-state index in [-0.39, 0.29) is 5.41 Å². The van der Waals surface area contributed by atoms with Crippen LogP contribution < -0.4 is 0 Å². The Bertz CT molecular complexity index is 550. The van der Waals surface area contributed by atoms with Gasteiger partial charge < -0.3 is 4.74 Å². The number of fused-ring (bicyclic) bond motifs is 6. The number of Topliss-reactive ketones (excluding diaryl/α,β-unsaturated/α-hetero) is 1. The first-order chi connectivity index (χ1) is 10.0. The summed E-state index contributed by atoms with van der Waals surface area (Å²) in [6.45, 7) is 4.78. The van der Waals surface area contributed by atoms with Gasteiger partial charge in [0.2, 0.25) is 0 Å². The maximum absolute atomic E-state index is 12.4. The lowest BCUT2D eigenvalue weighted by Gasteiger charge is -2.55. The molecule has 0 bridgehead atoms. The molecule has 2 heteroatoms. The third kappa shape index (κ3) is 1.50. The number of carbonyl (C=O) groups is 1. The van der Waals surface area contributed by atoms with Crippen LogP contribution in [0, 0.1) is 28.6 Å². The quantitative estimate of drug-likeness (QED) is 0.499. The average molecular weight is 286 g/mol. The molecule has 1 aliphatic heterocycles. The molecule has 0 amide bonds. The Hall–Kier alpha value is -0.630. The van der Waals surface area contributed by atoms with Crippen LogP contribution in [0.4, 0.5) is 0 Å². The second-order valence-corrected chi connectivity index (χ2v) is 8.80. The highest BCUT2D eigenvalue weighted by Gasteiger charge is 2.61. The van der Waals surface area contributed by atoms with Crippen molar-refractivity contribution in [3.05, 3.63) is 11.6 Å². The van der Waals surface area contributed by atoms with Crippen molar-refractivity contribution < 1.29 is 9.53 Å². The molecule has 0 spiro atoms. The first-order valence-electron chi connectivity index (χ1n) is 8.91. The van der Waals surface area contributed by atoms with E-state index in [1.807, 2.05) is 0 Å². The van der Waals surface area contributed by atoms with E-state index in [2.05, 4.69) is 19.9 Å². The molecule has 3 saturated carbocycles. The fraction of sp³-hybridized carbons (Fsp3) is 0.842. The van der Waals surface area contributed by atoms with E-state index in [9.17, 15) is 4.79 Å². The molecule has 5 aliphatic rings. The van der Waals surface area contributed by atoms with E-state index in [4.69, 9.17) is 4.74 Å². The zero-order valence-corrected chi connectivity index (χ0v) is 13.2. The molecule has 21 heavy (non-hydrogen) atoms. The molecule has 5 rings (SSSR count). The summed E-state index contributed by atoms with van der Waals surface area (Å²) < 4.78 is 5.84. The predicted molar refractivity (Wildman–Crippen MR) is 80.8 cm³/mol. The summed E-state index contributed by atoms with van der Waals surface area (Å²) in [5.41, 5.74) is 2.07. The van der Waals surface area contributed by atoms with Crippen molar-refractivity contribution in [2.45, 2.75) is 71.0 Å². The average Bonchev–Trinajstić information content (AvgIpc) is 3.12. The summed E-state index contributed by atoms with van der Waals surface area (Å²) in [6, 6.07) is 0. The Morgan fingerprint density at radius 2 is 1.95 bits per heavy atom. The third-order valence-corrected chi connectivity index (χ3v) is 8.07. The summed E-state index contributed by atoms with van der Waals surface area (Å²) in [5, 5.41) is 0. The molecule has 4 aliphatic carbocycles. The van der Waals surface area contributed by atoms with Gasteiger partial charge in [0.1, 0.15) is 5.78 Å². The predicted octanol–water partition coefficient (Wildman–Crippen LogP) is 3.90. The molecule has 2 nitrogen and oxygen atoms in total. The summed E-state index contributed by atoms with van der Waals surface area (Å²) in [6.07, 6.45) is 11.7. The van der Waals surface area contributed by atoms with Gasteiger partial charge in [0.15, 0.2) is 0 Å². The zero-order chi connectivity index (χ0) is 14.4. The second-order valence-electron chi connectivity index (χ2n) is 8.80. The molecule has 0 N–H and O–H groups in total. The summed E-state index contributed by atoms with van der Waals surface area (Å²) in [4.78, 5) is 12.4. The number of allylic oxidation sites excluding steroid dienone is 1. The molecule has 1 saturated heterocycles. The highest BCUT2D eigenvalue weighted by atomic mass is 16.6. The van der Waals surface area contributed by atoms with Crippen molar-refractivity contribution in [1.29, 1.82) is 0 Å². The Balaban J connectivity index is 1.53. The van der Waals surface area contributed by atoms with Crippen molar-refractivity contribution in [2.24, 2.45) is 28.6 Å². The minimum Gasteiger partial charge on any atom is -0.369 e. The van der Waals surface area contributed by atoms with Crippen molar-refractivity contribution >= 4 is 5.78 Å². The lowest BCUT2D eigenvalue weighted by molar-refractivity contribution is -0.131. The van der Waals surface area contributed by atoms with Crippen LogP contribution in [-0.4, -0.2) is 18.0 Å².